The molecular weight excluding hydrogens is 426 g/mol. The maximum absolute atomic E-state index is 9.00. The minimum atomic E-state index is 0.711. The van der Waals surface area contributed by atoms with Crippen LogP contribution in [0, 0.1) is 17.2 Å². The van der Waals surface area contributed by atoms with Crippen LogP contribution >= 0.6 is 22.7 Å². The summed E-state index contributed by atoms with van der Waals surface area (Å²) in [6, 6.07) is 24.1. The van der Waals surface area contributed by atoms with Crippen molar-refractivity contribution in [2.45, 2.75) is 57.8 Å². The van der Waals surface area contributed by atoms with Crippen molar-refractivity contribution in [3.63, 3.8) is 0 Å². The minimum Gasteiger partial charge on any atom is -0.192 e. The Kier molecular flexibility index (Phi) is 6.44. The molecule has 0 N–H and O–H groups in total. The van der Waals surface area contributed by atoms with Crippen LogP contribution in [0.1, 0.15) is 68.9 Å². The van der Waals surface area contributed by atoms with E-state index in [0.717, 1.165) is 11.8 Å². The molecule has 1 fully saturated rings. The Labute approximate surface area is 199 Å². The fourth-order valence-corrected chi connectivity index (χ4v) is 7.43. The SMILES string of the molecule is CCCCC1CCC(c2ccc(-c3cc4sc(-c5ccc(C#N)cc5)cc4s3)cc2)CC1. The number of rotatable bonds is 6. The predicted molar refractivity (Wildman–Crippen MR) is 140 cm³/mol. The Hall–Kier alpha value is -2.41. The third-order valence-electron chi connectivity index (χ3n) is 6.98. The molecule has 1 aliphatic rings. The van der Waals surface area contributed by atoms with Crippen molar-refractivity contribution in [1.29, 1.82) is 5.26 Å². The highest BCUT2D eigenvalue weighted by Crippen LogP contribution is 2.43. The Balaban J connectivity index is 1.27. The van der Waals surface area contributed by atoms with E-state index in [1.807, 2.05) is 46.9 Å². The van der Waals surface area contributed by atoms with Gasteiger partial charge in [0.05, 0.1) is 11.6 Å². The highest BCUT2D eigenvalue weighted by atomic mass is 32.1. The van der Waals surface area contributed by atoms with Crippen molar-refractivity contribution in [2.24, 2.45) is 5.92 Å². The number of hydrogen-bond acceptors (Lipinski definition) is 3. The molecule has 3 heteroatoms. The molecule has 0 unspecified atom stereocenters. The molecular formula is C29H29NS2. The monoisotopic (exact) mass is 455 g/mol. The molecule has 0 saturated heterocycles. The summed E-state index contributed by atoms with van der Waals surface area (Å²) >= 11 is 3.72. The average Bonchev–Trinajstić information content (AvgIpc) is 3.43. The normalized spacial score (nSPS) is 18.6. The fraction of sp³-hybridized carbons (Fsp3) is 0.345. The van der Waals surface area contributed by atoms with Crippen LogP contribution in [0.25, 0.3) is 30.3 Å². The van der Waals surface area contributed by atoms with Crippen molar-refractivity contribution >= 4 is 32.1 Å². The van der Waals surface area contributed by atoms with Crippen LogP contribution in [0.3, 0.4) is 0 Å². The van der Waals surface area contributed by atoms with E-state index in [1.54, 1.807) is 0 Å². The lowest BCUT2D eigenvalue weighted by Gasteiger charge is -2.28. The number of benzene rings is 2. The van der Waals surface area contributed by atoms with Crippen LogP contribution < -0.4 is 0 Å². The van der Waals surface area contributed by atoms with E-state index in [4.69, 9.17) is 5.26 Å². The minimum absolute atomic E-state index is 0.711. The first-order valence-corrected chi connectivity index (χ1v) is 13.5. The lowest BCUT2D eigenvalue weighted by Crippen LogP contribution is -2.13. The Morgan fingerprint density at radius 3 is 1.91 bits per heavy atom. The lowest BCUT2D eigenvalue weighted by atomic mass is 9.77. The van der Waals surface area contributed by atoms with Crippen molar-refractivity contribution < 1.29 is 0 Å². The molecule has 1 saturated carbocycles. The topological polar surface area (TPSA) is 23.8 Å². The van der Waals surface area contributed by atoms with Gasteiger partial charge in [-0.15, -0.1) is 22.7 Å². The van der Waals surface area contributed by atoms with E-state index in [1.165, 1.54) is 80.8 Å². The Morgan fingerprint density at radius 2 is 1.38 bits per heavy atom. The number of thiophene rings is 2. The summed E-state index contributed by atoms with van der Waals surface area (Å²) < 4.78 is 2.69. The zero-order chi connectivity index (χ0) is 21.9. The molecule has 2 heterocycles. The third-order valence-corrected chi connectivity index (χ3v) is 9.38. The van der Waals surface area contributed by atoms with Gasteiger partial charge in [-0.3, -0.25) is 0 Å². The second-order valence-electron chi connectivity index (χ2n) is 9.12. The van der Waals surface area contributed by atoms with Crippen LogP contribution in [-0.2, 0) is 0 Å². The van der Waals surface area contributed by atoms with Gasteiger partial charge in [0.2, 0.25) is 0 Å². The molecule has 162 valence electrons. The van der Waals surface area contributed by atoms with Crippen molar-refractivity contribution in [1.82, 2.24) is 0 Å². The summed E-state index contributed by atoms with van der Waals surface area (Å²) in [6.07, 6.45) is 9.71. The van der Waals surface area contributed by atoms with Gasteiger partial charge in [0.15, 0.2) is 0 Å². The van der Waals surface area contributed by atoms with Gasteiger partial charge in [-0.1, -0.05) is 62.6 Å². The second-order valence-corrected chi connectivity index (χ2v) is 11.3. The molecule has 0 radical (unpaired) electrons. The first kappa shape index (κ1) is 21.4. The standard InChI is InChI=1S/C29H29NS2/c1-2-3-4-20-5-9-22(10-6-20)23-13-15-25(16-14-23)27-18-29-28(32-27)17-26(31-29)24-11-7-21(19-30)8-12-24/h7-8,11-18,20,22H,2-6,9-10H2,1H3. The molecule has 0 spiro atoms. The zero-order valence-corrected chi connectivity index (χ0v) is 20.3. The van der Waals surface area contributed by atoms with E-state index in [9.17, 15) is 0 Å². The Morgan fingerprint density at radius 1 is 0.812 bits per heavy atom. The highest BCUT2D eigenvalue weighted by molar-refractivity contribution is 7.31. The first-order valence-electron chi connectivity index (χ1n) is 11.9. The van der Waals surface area contributed by atoms with E-state index < -0.39 is 0 Å². The van der Waals surface area contributed by atoms with Crippen LogP contribution in [0.4, 0.5) is 0 Å². The van der Waals surface area contributed by atoms with Gasteiger partial charge >= 0.3 is 0 Å². The maximum atomic E-state index is 9.00. The van der Waals surface area contributed by atoms with E-state index in [2.05, 4.69) is 49.4 Å². The van der Waals surface area contributed by atoms with Crippen molar-refractivity contribution in [2.75, 3.05) is 0 Å². The van der Waals surface area contributed by atoms with Crippen LogP contribution in [0.5, 0.6) is 0 Å². The van der Waals surface area contributed by atoms with Crippen LogP contribution in [0.15, 0.2) is 60.7 Å². The summed E-state index contributed by atoms with van der Waals surface area (Å²) in [5, 5.41) is 9.00. The summed E-state index contributed by atoms with van der Waals surface area (Å²) in [5.74, 6) is 1.72. The summed E-state index contributed by atoms with van der Waals surface area (Å²) in [5.41, 5.74) is 4.76. The molecule has 0 atom stereocenters. The molecule has 1 nitrogen and oxygen atoms in total. The molecule has 2 aromatic heterocycles. The number of nitriles is 1. The van der Waals surface area contributed by atoms with Crippen molar-refractivity contribution in [3.8, 4) is 27.0 Å². The molecule has 2 aromatic carbocycles. The van der Waals surface area contributed by atoms with Gasteiger partial charge in [-0.25, -0.2) is 0 Å². The van der Waals surface area contributed by atoms with Gasteiger partial charge in [-0.05, 0) is 78.5 Å². The van der Waals surface area contributed by atoms with E-state index >= 15 is 0 Å². The molecule has 0 bridgehead atoms. The predicted octanol–water partition coefficient (Wildman–Crippen LogP) is 9.63. The van der Waals surface area contributed by atoms with E-state index in [0.29, 0.717) is 5.56 Å². The molecule has 5 rings (SSSR count). The molecule has 0 aliphatic heterocycles. The summed E-state index contributed by atoms with van der Waals surface area (Å²) in [6.45, 7) is 2.30. The van der Waals surface area contributed by atoms with Crippen molar-refractivity contribution in [3.05, 3.63) is 71.8 Å². The van der Waals surface area contributed by atoms with Gasteiger partial charge in [0.25, 0.3) is 0 Å². The maximum Gasteiger partial charge on any atom is 0.0991 e. The first-order chi connectivity index (χ1) is 15.7. The number of hydrogen-bond donors (Lipinski definition) is 0. The van der Waals surface area contributed by atoms with Gasteiger partial charge in [0.1, 0.15) is 0 Å². The third kappa shape index (κ3) is 4.53. The lowest BCUT2D eigenvalue weighted by molar-refractivity contribution is 0.304. The van der Waals surface area contributed by atoms with Crippen LogP contribution in [0.2, 0.25) is 0 Å². The summed E-state index contributed by atoms with van der Waals surface area (Å²) in [7, 11) is 0. The molecule has 0 amide bonds. The van der Waals surface area contributed by atoms with Crippen LogP contribution in [-0.4, -0.2) is 0 Å². The van der Waals surface area contributed by atoms with Gasteiger partial charge < -0.3 is 0 Å². The number of nitrogens with zero attached hydrogens (tertiary/aromatic N) is 1. The smallest absolute Gasteiger partial charge is 0.0991 e. The largest absolute Gasteiger partial charge is 0.192 e. The number of fused-ring (bicyclic) bond motifs is 1. The second kappa shape index (κ2) is 9.61. The van der Waals surface area contributed by atoms with Gasteiger partial charge in [-0.2, -0.15) is 5.26 Å². The Bertz CT molecular complexity index is 1180. The fourth-order valence-electron chi connectivity index (χ4n) is 5.03. The molecule has 32 heavy (non-hydrogen) atoms. The molecule has 4 aromatic rings. The van der Waals surface area contributed by atoms with Gasteiger partial charge in [0, 0.05) is 19.2 Å². The highest BCUT2D eigenvalue weighted by Gasteiger charge is 2.22. The summed E-state index contributed by atoms with van der Waals surface area (Å²) in [4.78, 5) is 2.62. The van der Waals surface area contributed by atoms with E-state index in [-0.39, 0.29) is 0 Å². The molecule has 1 aliphatic carbocycles. The zero-order valence-electron chi connectivity index (χ0n) is 18.6. The number of unbranched alkanes of at least 4 members (excludes halogenated alkanes) is 1. The average molecular weight is 456 g/mol. The quantitative estimate of drug-likeness (QED) is 0.284.